The molecule has 2 aromatic rings. The van der Waals surface area contributed by atoms with E-state index >= 15 is 0 Å². The molecule has 0 aliphatic rings. The molecule has 4 nitrogen and oxygen atoms in total. The molecule has 0 aliphatic carbocycles. The number of rotatable bonds is 4. The molecule has 0 bridgehead atoms. The van der Waals surface area contributed by atoms with Crippen molar-refractivity contribution in [2.24, 2.45) is 0 Å². The fourth-order valence-electron chi connectivity index (χ4n) is 1.62. The van der Waals surface area contributed by atoms with Gasteiger partial charge >= 0.3 is 5.97 Å². The van der Waals surface area contributed by atoms with Crippen molar-refractivity contribution in [2.75, 3.05) is 5.32 Å². The number of para-hydroxylation sites is 1. The summed E-state index contributed by atoms with van der Waals surface area (Å²) in [5, 5.41) is 2.22. The van der Waals surface area contributed by atoms with Gasteiger partial charge in [-0.15, -0.1) is 0 Å². The Bertz CT molecular complexity index is 755. The molecule has 1 N–H and O–H groups in total. The second-order valence-corrected chi connectivity index (χ2v) is 4.33. The number of amides is 1. The predicted octanol–water partition coefficient (Wildman–Crippen LogP) is 3.20. The van der Waals surface area contributed by atoms with Crippen molar-refractivity contribution in [3.63, 3.8) is 0 Å². The summed E-state index contributed by atoms with van der Waals surface area (Å²) in [6.45, 7) is 0. The Morgan fingerprint density at radius 3 is 2.26 bits per heavy atom. The molecule has 1 amide bonds. The van der Waals surface area contributed by atoms with Crippen molar-refractivity contribution in [1.82, 2.24) is 0 Å². The van der Waals surface area contributed by atoms with Gasteiger partial charge in [0.25, 0.3) is 0 Å². The lowest BCUT2D eigenvalue weighted by Crippen LogP contribution is -2.11. The van der Waals surface area contributed by atoms with E-state index in [0.29, 0.717) is 6.07 Å². The van der Waals surface area contributed by atoms with Crippen LogP contribution in [0.2, 0.25) is 0 Å². The molecule has 0 fully saturated rings. The van der Waals surface area contributed by atoms with Crippen LogP contribution in [0.15, 0.2) is 54.6 Å². The van der Waals surface area contributed by atoms with E-state index < -0.39 is 29.3 Å². The molecule has 2 aromatic carbocycles. The third-order valence-corrected chi connectivity index (χ3v) is 2.56. The van der Waals surface area contributed by atoms with Crippen LogP contribution in [0.25, 0.3) is 0 Å². The van der Waals surface area contributed by atoms with Gasteiger partial charge in [0.05, 0.1) is 5.69 Å². The van der Waals surface area contributed by atoms with E-state index in [1.54, 1.807) is 0 Å². The lowest BCUT2D eigenvalue weighted by atomic mass is 10.3. The van der Waals surface area contributed by atoms with Gasteiger partial charge in [0.15, 0.2) is 0 Å². The molecule has 0 atom stereocenters. The van der Waals surface area contributed by atoms with Gasteiger partial charge in [-0.3, -0.25) is 4.79 Å². The van der Waals surface area contributed by atoms with E-state index in [-0.39, 0.29) is 11.4 Å². The van der Waals surface area contributed by atoms with Crippen molar-refractivity contribution in [1.29, 1.82) is 0 Å². The number of esters is 1. The molecule has 0 unspecified atom stereocenters. The van der Waals surface area contributed by atoms with Crippen LogP contribution < -0.4 is 10.1 Å². The molecular weight excluding hydrogens is 311 g/mol. The van der Waals surface area contributed by atoms with Crippen LogP contribution in [0, 0.1) is 17.5 Å². The van der Waals surface area contributed by atoms with Crippen LogP contribution in [0.4, 0.5) is 18.9 Å². The SMILES string of the molecule is O=C(/C=C/C(=O)Oc1cc(F)cc(F)c1)Nc1ccccc1F. The summed E-state index contributed by atoms with van der Waals surface area (Å²) in [5.74, 6) is -4.57. The van der Waals surface area contributed by atoms with Crippen molar-refractivity contribution in [3.05, 3.63) is 72.1 Å². The fraction of sp³-hybridized carbons (Fsp3) is 0. The van der Waals surface area contributed by atoms with Crippen molar-refractivity contribution in [3.8, 4) is 5.75 Å². The minimum Gasteiger partial charge on any atom is -0.423 e. The first-order valence-corrected chi connectivity index (χ1v) is 6.35. The average molecular weight is 321 g/mol. The maximum Gasteiger partial charge on any atom is 0.336 e. The monoisotopic (exact) mass is 321 g/mol. The maximum atomic E-state index is 13.3. The topological polar surface area (TPSA) is 55.4 Å². The highest BCUT2D eigenvalue weighted by Gasteiger charge is 2.07. The molecule has 0 saturated carbocycles. The number of anilines is 1. The number of nitrogens with one attached hydrogen (secondary N) is 1. The molecule has 2 rings (SSSR count). The van der Waals surface area contributed by atoms with Gasteiger partial charge in [-0.1, -0.05) is 12.1 Å². The third kappa shape index (κ3) is 4.99. The Morgan fingerprint density at radius 1 is 0.957 bits per heavy atom. The van der Waals surface area contributed by atoms with Crippen molar-refractivity contribution >= 4 is 17.6 Å². The van der Waals surface area contributed by atoms with Crippen LogP contribution in [0.3, 0.4) is 0 Å². The Kier molecular flexibility index (Phi) is 5.14. The van der Waals surface area contributed by atoms with E-state index in [0.717, 1.165) is 30.4 Å². The average Bonchev–Trinajstić information content (AvgIpc) is 2.46. The van der Waals surface area contributed by atoms with Crippen LogP contribution in [0.5, 0.6) is 5.75 Å². The lowest BCUT2D eigenvalue weighted by molar-refractivity contribution is -0.129. The molecule has 0 aromatic heterocycles. The minimum atomic E-state index is -1.02. The lowest BCUT2D eigenvalue weighted by Gasteiger charge is -2.03. The number of benzene rings is 2. The number of carbonyl (C=O) groups is 2. The summed E-state index contributed by atoms with van der Waals surface area (Å²) in [4.78, 5) is 23.0. The standard InChI is InChI=1S/C16H10F3NO3/c17-10-7-11(18)9-12(8-10)23-16(22)6-5-15(21)20-14-4-2-1-3-13(14)19/h1-9H,(H,20,21)/b6-5+. The Morgan fingerprint density at radius 2 is 1.61 bits per heavy atom. The minimum absolute atomic E-state index is 0.0530. The third-order valence-electron chi connectivity index (χ3n) is 2.56. The highest BCUT2D eigenvalue weighted by molar-refractivity contribution is 6.02. The second-order valence-electron chi connectivity index (χ2n) is 4.33. The smallest absolute Gasteiger partial charge is 0.336 e. The largest absolute Gasteiger partial charge is 0.423 e. The highest BCUT2D eigenvalue weighted by atomic mass is 19.1. The molecule has 0 radical (unpaired) electrons. The Balaban J connectivity index is 1.95. The number of halogens is 3. The molecule has 118 valence electrons. The molecule has 0 heterocycles. The second kappa shape index (κ2) is 7.26. The number of carbonyl (C=O) groups excluding carboxylic acids is 2. The molecule has 0 spiro atoms. The summed E-state index contributed by atoms with van der Waals surface area (Å²) >= 11 is 0. The van der Waals surface area contributed by atoms with Gasteiger partial charge in [-0.2, -0.15) is 0 Å². The number of ether oxygens (including phenoxy) is 1. The van der Waals surface area contributed by atoms with E-state index in [9.17, 15) is 22.8 Å². The van der Waals surface area contributed by atoms with Gasteiger partial charge in [-0.25, -0.2) is 18.0 Å². The van der Waals surface area contributed by atoms with Gasteiger partial charge in [0, 0.05) is 30.4 Å². The maximum absolute atomic E-state index is 13.3. The summed E-state index contributed by atoms with van der Waals surface area (Å²) in [5.41, 5.74) is -0.0530. The first kappa shape index (κ1) is 16.3. The Labute approximate surface area is 129 Å². The number of hydrogen-bond acceptors (Lipinski definition) is 3. The molecule has 23 heavy (non-hydrogen) atoms. The van der Waals surface area contributed by atoms with E-state index in [4.69, 9.17) is 0 Å². The predicted molar refractivity (Wildman–Crippen MR) is 76.2 cm³/mol. The highest BCUT2D eigenvalue weighted by Crippen LogP contribution is 2.15. The van der Waals surface area contributed by atoms with Crippen LogP contribution in [-0.4, -0.2) is 11.9 Å². The van der Waals surface area contributed by atoms with E-state index in [1.807, 2.05) is 0 Å². The molecule has 7 heteroatoms. The van der Waals surface area contributed by atoms with Crippen LogP contribution >= 0.6 is 0 Å². The zero-order chi connectivity index (χ0) is 16.8. The van der Waals surface area contributed by atoms with Crippen LogP contribution in [-0.2, 0) is 9.59 Å². The Hall–Kier alpha value is -3.09. The quantitative estimate of drug-likeness (QED) is 0.534. The van der Waals surface area contributed by atoms with Crippen LogP contribution in [0.1, 0.15) is 0 Å². The summed E-state index contributed by atoms with van der Waals surface area (Å²) in [7, 11) is 0. The van der Waals surface area contributed by atoms with E-state index in [2.05, 4.69) is 10.1 Å². The van der Waals surface area contributed by atoms with Crippen molar-refractivity contribution < 1.29 is 27.5 Å². The normalized spacial score (nSPS) is 10.6. The first-order chi connectivity index (χ1) is 10.9. The molecule has 0 saturated heterocycles. The first-order valence-electron chi connectivity index (χ1n) is 6.35. The summed E-state index contributed by atoms with van der Waals surface area (Å²) in [6, 6.07) is 7.73. The molecular formula is C16H10F3NO3. The van der Waals surface area contributed by atoms with Gasteiger partial charge in [0.2, 0.25) is 5.91 Å². The summed E-state index contributed by atoms with van der Waals surface area (Å²) < 4.78 is 43.8. The van der Waals surface area contributed by atoms with Gasteiger partial charge in [-0.05, 0) is 12.1 Å². The zero-order valence-electron chi connectivity index (χ0n) is 11.6. The van der Waals surface area contributed by atoms with Gasteiger partial charge in [0.1, 0.15) is 23.2 Å². The zero-order valence-corrected chi connectivity index (χ0v) is 11.6. The van der Waals surface area contributed by atoms with E-state index in [1.165, 1.54) is 18.2 Å². The fourth-order valence-corrected chi connectivity index (χ4v) is 1.62. The molecule has 0 aliphatic heterocycles. The van der Waals surface area contributed by atoms with Crippen molar-refractivity contribution in [2.45, 2.75) is 0 Å². The van der Waals surface area contributed by atoms with Gasteiger partial charge < -0.3 is 10.1 Å². The number of hydrogen-bond donors (Lipinski definition) is 1. The summed E-state index contributed by atoms with van der Waals surface area (Å²) in [6.07, 6.45) is 1.56.